The van der Waals surface area contributed by atoms with Crippen LogP contribution in [0, 0.1) is 5.82 Å². The third kappa shape index (κ3) is 4.22. The number of anilines is 1. The van der Waals surface area contributed by atoms with E-state index in [9.17, 15) is 9.18 Å². The Labute approximate surface area is 150 Å². The third-order valence-corrected chi connectivity index (χ3v) is 3.79. The summed E-state index contributed by atoms with van der Waals surface area (Å²) in [5.74, 6) is -0.458. The van der Waals surface area contributed by atoms with Crippen molar-refractivity contribution in [1.82, 2.24) is 4.98 Å². The zero-order valence-electron chi connectivity index (χ0n) is 14.5. The molecule has 0 fully saturated rings. The molecule has 2 aromatic carbocycles. The highest BCUT2D eigenvalue weighted by Gasteiger charge is 2.06. The average Bonchev–Trinajstić information content (AvgIpc) is 2.61. The first-order valence-corrected chi connectivity index (χ1v) is 8.10. The molecule has 3 rings (SSSR count). The molecule has 0 aliphatic carbocycles. The highest BCUT2D eigenvalue weighted by Crippen LogP contribution is 2.19. The van der Waals surface area contributed by atoms with E-state index in [1.54, 1.807) is 30.5 Å². The summed E-state index contributed by atoms with van der Waals surface area (Å²) in [6.45, 7) is 3.39. The summed E-state index contributed by atoms with van der Waals surface area (Å²) in [6.07, 6.45) is 1.66. The number of benzene rings is 2. The van der Waals surface area contributed by atoms with Crippen molar-refractivity contribution in [2.45, 2.75) is 20.5 Å². The van der Waals surface area contributed by atoms with E-state index in [0.717, 1.165) is 10.9 Å². The molecule has 0 spiro atoms. The van der Waals surface area contributed by atoms with Crippen LogP contribution >= 0.6 is 0 Å². The monoisotopic (exact) mass is 351 g/mol. The summed E-state index contributed by atoms with van der Waals surface area (Å²) in [4.78, 5) is 20.7. The molecule has 0 saturated carbocycles. The molecule has 1 aromatic heterocycles. The van der Waals surface area contributed by atoms with E-state index in [4.69, 9.17) is 4.84 Å². The van der Waals surface area contributed by atoms with Gasteiger partial charge in [-0.1, -0.05) is 23.4 Å². The second-order valence-electron chi connectivity index (χ2n) is 5.85. The van der Waals surface area contributed by atoms with E-state index in [1.807, 2.05) is 19.1 Å². The fourth-order valence-electron chi connectivity index (χ4n) is 2.59. The lowest BCUT2D eigenvalue weighted by Crippen LogP contribution is -2.06. The first kappa shape index (κ1) is 17.5. The number of carbonyl (C=O) groups excluding carboxylic acids is 1. The van der Waals surface area contributed by atoms with Gasteiger partial charge in [-0.2, -0.15) is 0 Å². The summed E-state index contributed by atoms with van der Waals surface area (Å²) in [7, 11) is 0. The van der Waals surface area contributed by atoms with Crippen molar-refractivity contribution >= 4 is 28.2 Å². The molecule has 26 heavy (non-hydrogen) atoms. The highest BCUT2D eigenvalue weighted by molar-refractivity contribution is 5.99. The number of rotatable bonds is 5. The summed E-state index contributed by atoms with van der Waals surface area (Å²) in [5.41, 5.74) is 3.58. The predicted molar refractivity (Wildman–Crippen MR) is 99.4 cm³/mol. The Morgan fingerprint density at radius 1 is 1.19 bits per heavy atom. The normalized spacial score (nSPS) is 11.4. The Morgan fingerprint density at radius 2 is 1.96 bits per heavy atom. The minimum Gasteiger partial charge on any atom is -0.391 e. The van der Waals surface area contributed by atoms with Gasteiger partial charge < -0.3 is 10.2 Å². The molecule has 0 radical (unpaired) electrons. The van der Waals surface area contributed by atoms with E-state index >= 15 is 0 Å². The number of amides is 1. The number of fused-ring (bicyclic) bond motifs is 1. The largest absolute Gasteiger partial charge is 0.391 e. The van der Waals surface area contributed by atoms with Crippen molar-refractivity contribution in [3.8, 4) is 0 Å². The summed E-state index contributed by atoms with van der Waals surface area (Å²) >= 11 is 0. The van der Waals surface area contributed by atoms with Gasteiger partial charge >= 0.3 is 0 Å². The number of hydrogen-bond donors (Lipinski definition) is 1. The van der Waals surface area contributed by atoms with Crippen molar-refractivity contribution in [1.29, 1.82) is 0 Å². The van der Waals surface area contributed by atoms with Gasteiger partial charge in [0.1, 0.15) is 12.4 Å². The molecular formula is C20H18FN3O2. The SMILES string of the molecule is CC(=O)Nc1ccc(/C(C)=N/OCc2cc(F)cc3cccnc23)cc1. The van der Waals surface area contributed by atoms with Crippen LogP contribution in [-0.4, -0.2) is 16.6 Å². The van der Waals surface area contributed by atoms with Crippen molar-refractivity contribution in [2.75, 3.05) is 5.32 Å². The number of hydrogen-bond acceptors (Lipinski definition) is 4. The van der Waals surface area contributed by atoms with Crippen molar-refractivity contribution < 1.29 is 14.0 Å². The first-order chi connectivity index (χ1) is 12.5. The number of nitrogens with zero attached hydrogens (tertiary/aromatic N) is 2. The Balaban J connectivity index is 1.71. The maximum Gasteiger partial charge on any atom is 0.221 e. The second kappa shape index (κ2) is 7.74. The number of aromatic nitrogens is 1. The fourth-order valence-corrected chi connectivity index (χ4v) is 2.59. The molecule has 0 aliphatic heterocycles. The molecule has 0 aliphatic rings. The number of oxime groups is 1. The Kier molecular flexibility index (Phi) is 5.22. The van der Waals surface area contributed by atoms with Crippen LogP contribution < -0.4 is 5.32 Å². The van der Waals surface area contributed by atoms with Crippen LogP contribution in [0.4, 0.5) is 10.1 Å². The summed E-state index contributed by atoms with van der Waals surface area (Å²) in [5, 5.41) is 7.52. The van der Waals surface area contributed by atoms with Gasteiger partial charge in [0, 0.05) is 29.8 Å². The lowest BCUT2D eigenvalue weighted by atomic mass is 10.1. The van der Waals surface area contributed by atoms with Gasteiger partial charge in [0.25, 0.3) is 0 Å². The summed E-state index contributed by atoms with van der Waals surface area (Å²) < 4.78 is 13.7. The van der Waals surface area contributed by atoms with E-state index in [2.05, 4.69) is 15.5 Å². The zero-order valence-corrected chi connectivity index (χ0v) is 14.5. The third-order valence-electron chi connectivity index (χ3n) is 3.79. The van der Waals surface area contributed by atoms with E-state index in [-0.39, 0.29) is 18.3 Å². The molecule has 0 bridgehead atoms. The van der Waals surface area contributed by atoms with E-state index in [1.165, 1.54) is 19.1 Å². The second-order valence-corrected chi connectivity index (χ2v) is 5.85. The van der Waals surface area contributed by atoms with Crippen LogP contribution in [0.15, 0.2) is 59.9 Å². The van der Waals surface area contributed by atoms with Gasteiger partial charge in [-0.05, 0) is 42.8 Å². The molecule has 1 heterocycles. The van der Waals surface area contributed by atoms with Crippen molar-refractivity contribution in [3.63, 3.8) is 0 Å². The standard InChI is InChI=1S/C20H18FN3O2/c1-13(15-5-7-19(8-6-15)23-14(2)25)24-26-12-17-11-18(21)10-16-4-3-9-22-20(16)17/h3-11H,12H2,1-2H3,(H,23,25)/b24-13+. The molecule has 3 aromatic rings. The van der Waals surface area contributed by atoms with Crippen molar-refractivity contribution in [3.05, 3.63) is 71.7 Å². The number of nitrogens with one attached hydrogen (secondary N) is 1. The van der Waals surface area contributed by atoms with Crippen LogP contribution in [-0.2, 0) is 16.2 Å². The topological polar surface area (TPSA) is 63.6 Å². The Bertz CT molecular complexity index is 968. The van der Waals surface area contributed by atoms with Gasteiger partial charge in [-0.15, -0.1) is 0 Å². The lowest BCUT2D eigenvalue weighted by Gasteiger charge is -2.07. The molecule has 0 atom stereocenters. The molecule has 132 valence electrons. The molecular weight excluding hydrogens is 333 g/mol. The predicted octanol–water partition coefficient (Wildman–Crippen LogP) is 4.27. The van der Waals surface area contributed by atoms with Gasteiger partial charge in [0.15, 0.2) is 0 Å². The van der Waals surface area contributed by atoms with Crippen LogP contribution in [0.25, 0.3) is 10.9 Å². The van der Waals surface area contributed by atoms with Crippen LogP contribution in [0.2, 0.25) is 0 Å². The smallest absolute Gasteiger partial charge is 0.221 e. The molecule has 6 heteroatoms. The molecule has 5 nitrogen and oxygen atoms in total. The minimum absolute atomic E-state index is 0.118. The van der Waals surface area contributed by atoms with E-state index in [0.29, 0.717) is 22.5 Å². The number of carbonyl (C=O) groups is 1. The number of halogens is 1. The first-order valence-electron chi connectivity index (χ1n) is 8.10. The Hall–Kier alpha value is -3.28. The Morgan fingerprint density at radius 3 is 2.69 bits per heavy atom. The molecule has 0 saturated heterocycles. The van der Waals surface area contributed by atoms with Crippen molar-refractivity contribution in [2.24, 2.45) is 5.16 Å². The number of pyridine rings is 1. The quantitative estimate of drug-likeness (QED) is 0.551. The maximum absolute atomic E-state index is 13.7. The minimum atomic E-state index is -0.335. The van der Waals surface area contributed by atoms with Gasteiger partial charge in [0.2, 0.25) is 5.91 Å². The fraction of sp³-hybridized carbons (Fsp3) is 0.150. The van der Waals surface area contributed by atoms with Gasteiger partial charge in [0.05, 0.1) is 11.2 Å². The summed E-state index contributed by atoms with van der Waals surface area (Å²) in [6, 6.07) is 13.7. The highest BCUT2D eigenvalue weighted by atomic mass is 19.1. The average molecular weight is 351 g/mol. The van der Waals surface area contributed by atoms with Crippen LogP contribution in [0.5, 0.6) is 0 Å². The molecule has 0 unspecified atom stereocenters. The van der Waals surface area contributed by atoms with Crippen LogP contribution in [0.3, 0.4) is 0 Å². The van der Waals surface area contributed by atoms with Gasteiger partial charge in [-0.25, -0.2) is 4.39 Å². The maximum atomic E-state index is 13.7. The van der Waals surface area contributed by atoms with Gasteiger partial charge in [-0.3, -0.25) is 9.78 Å². The van der Waals surface area contributed by atoms with E-state index < -0.39 is 0 Å². The zero-order chi connectivity index (χ0) is 18.5. The molecule has 1 N–H and O–H groups in total. The lowest BCUT2D eigenvalue weighted by molar-refractivity contribution is -0.114. The van der Waals surface area contributed by atoms with Crippen LogP contribution in [0.1, 0.15) is 25.0 Å². The molecule has 1 amide bonds.